The largest absolute Gasteiger partial charge is 0.489 e. The summed E-state index contributed by atoms with van der Waals surface area (Å²) in [6.07, 6.45) is 4.47. The molecule has 15 heteroatoms. The fourth-order valence-electron chi connectivity index (χ4n) is 8.31. The molecule has 2 amide bonds. The fraction of sp³-hybridized carbons (Fsp3) is 0.455. The number of aryl methyl sites for hydroxylation is 1. The standard InChI is InChI=1S/C44H55ClN8O5S/c1-28(2)58-39-25-38(30(5)24-37(39)48-44-46-26-35(45)42(50-44)47-36-12-8-9-13-40(36)59(56,57)29(3)4)53-18-16-32(17-19-53)52-22-20-51(21-23-52)27-31-10-6-7-11-33(31)34-14-15-41(54)49-43(34)55/h6-13,24-26,28-29,32,34H,14-23,27H2,1-5H3,(H,49,54,55)(H2,46,47,48,50). The van der Waals surface area contributed by atoms with Crippen LogP contribution in [0.4, 0.5) is 28.8 Å². The van der Waals surface area contributed by atoms with Crippen LogP contribution in [0.1, 0.15) is 76.0 Å². The Labute approximate surface area is 352 Å². The van der Waals surface area contributed by atoms with Crippen molar-refractivity contribution in [3.63, 3.8) is 0 Å². The lowest BCUT2D eigenvalue weighted by atomic mass is 9.87. The molecule has 13 nitrogen and oxygen atoms in total. The number of hydrogen-bond acceptors (Lipinski definition) is 12. The van der Waals surface area contributed by atoms with Crippen LogP contribution in [0, 0.1) is 6.92 Å². The number of nitrogens with zero attached hydrogens (tertiary/aromatic N) is 5. The van der Waals surface area contributed by atoms with E-state index in [0.717, 1.165) is 75.5 Å². The molecule has 314 valence electrons. The molecule has 4 aromatic rings. The number of nitrogens with one attached hydrogen (secondary N) is 3. The molecule has 1 atom stereocenters. The number of piperazine rings is 1. The third-order valence-corrected chi connectivity index (χ3v) is 14.0. The topological polar surface area (TPSA) is 149 Å². The van der Waals surface area contributed by atoms with Gasteiger partial charge >= 0.3 is 0 Å². The Morgan fingerprint density at radius 1 is 0.898 bits per heavy atom. The highest BCUT2D eigenvalue weighted by molar-refractivity contribution is 7.92. The summed E-state index contributed by atoms with van der Waals surface area (Å²) in [5.74, 6) is 0.585. The zero-order valence-corrected chi connectivity index (χ0v) is 36.1. The van der Waals surface area contributed by atoms with Crippen molar-refractivity contribution in [2.24, 2.45) is 0 Å². The minimum Gasteiger partial charge on any atom is -0.489 e. The number of hydrogen-bond donors (Lipinski definition) is 3. The lowest BCUT2D eigenvalue weighted by molar-refractivity contribution is -0.134. The van der Waals surface area contributed by atoms with Crippen molar-refractivity contribution in [3.8, 4) is 5.75 Å². The lowest BCUT2D eigenvalue weighted by Gasteiger charge is -2.43. The summed E-state index contributed by atoms with van der Waals surface area (Å²) in [5, 5.41) is 8.63. The van der Waals surface area contributed by atoms with Crippen molar-refractivity contribution in [1.29, 1.82) is 0 Å². The van der Waals surface area contributed by atoms with Crippen LogP contribution in [0.3, 0.4) is 0 Å². The number of carbonyl (C=O) groups excluding carboxylic acids is 2. The fourth-order valence-corrected chi connectivity index (χ4v) is 9.65. The third-order valence-electron chi connectivity index (χ3n) is 11.5. The number of para-hydroxylation sites is 1. The van der Waals surface area contributed by atoms with Crippen molar-refractivity contribution < 1.29 is 22.7 Å². The monoisotopic (exact) mass is 842 g/mol. The number of sulfone groups is 1. The molecule has 0 radical (unpaired) electrons. The predicted molar refractivity (Wildman–Crippen MR) is 233 cm³/mol. The molecule has 3 N–H and O–H groups in total. The number of imide groups is 1. The highest BCUT2D eigenvalue weighted by Gasteiger charge is 2.32. The SMILES string of the molecule is Cc1cc(Nc2ncc(Cl)c(Nc3ccccc3S(=O)(=O)C(C)C)n2)c(OC(C)C)cc1N1CCC(N2CCN(Cc3ccccc3C3CCC(=O)NC3=O)CC2)CC1. The maximum Gasteiger partial charge on any atom is 0.234 e. The van der Waals surface area contributed by atoms with Gasteiger partial charge in [0.1, 0.15) is 10.8 Å². The van der Waals surface area contributed by atoms with Crippen molar-refractivity contribution in [3.05, 3.63) is 88.6 Å². The maximum atomic E-state index is 13.1. The van der Waals surface area contributed by atoms with Crippen LogP contribution in [-0.4, -0.2) is 96.7 Å². The number of carbonyl (C=O) groups is 2. The Kier molecular flexibility index (Phi) is 13.1. The number of amides is 2. The van der Waals surface area contributed by atoms with Crippen molar-refractivity contribution >= 4 is 62.1 Å². The molecule has 3 aromatic carbocycles. The summed E-state index contributed by atoms with van der Waals surface area (Å²) in [4.78, 5) is 41.2. The van der Waals surface area contributed by atoms with Gasteiger partial charge in [-0.3, -0.25) is 24.7 Å². The van der Waals surface area contributed by atoms with Crippen LogP contribution in [0.5, 0.6) is 5.75 Å². The molecular formula is C44H55ClN8O5S. The van der Waals surface area contributed by atoms with E-state index >= 15 is 0 Å². The van der Waals surface area contributed by atoms with Gasteiger partial charge in [-0.05, 0) is 88.8 Å². The first-order chi connectivity index (χ1) is 28.3. The van der Waals surface area contributed by atoms with Crippen LogP contribution >= 0.6 is 11.6 Å². The van der Waals surface area contributed by atoms with Crippen LogP contribution in [0.25, 0.3) is 0 Å². The van der Waals surface area contributed by atoms with Gasteiger partial charge < -0.3 is 20.3 Å². The van der Waals surface area contributed by atoms with E-state index in [9.17, 15) is 18.0 Å². The average molecular weight is 843 g/mol. The van der Waals surface area contributed by atoms with Gasteiger partial charge in [0.25, 0.3) is 0 Å². The molecule has 0 spiro atoms. The predicted octanol–water partition coefficient (Wildman–Crippen LogP) is 7.20. The van der Waals surface area contributed by atoms with Crippen molar-refractivity contribution in [2.75, 3.05) is 54.8 Å². The van der Waals surface area contributed by atoms with E-state index in [4.69, 9.17) is 16.3 Å². The number of halogens is 1. The van der Waals surface area contributed by atoms with Gasteiger partial charge in [0.2, 0.25) is 17.8 Å². The summed E-state index contributed by atoms with van der Waals surface area (Å²) < 4.78 is 32.5. The lowest BCUT2D eigenvalue weighted by Crippen LogP contribution is -2.53. The highest BCUT2D eigenvalue weighted by atomic mass is 35.5. The first-order valence-electron chi connectivity index (χ1n) is 20.6. The summed E-state index contributed by atoms with van der Waals surface area (Å²) in [7, 11) is -3.57. The van der Waals surface area contributed by atoms with E-state index in [1.807, 2.05) is 32.0 Å². The minimum atomic E-state index is -3.57. The molecule has 3 aliphatic rings. The van der Waals surface area contributed by atoms with E-state index in [0.29, 0.717) is 36.0 Å². The number of anilines is 5. The van der Waals surface area contributed by atoms with Gasteiger partial charge in [-0.15, -0.1) is 0 Å². The Bertz CT molecular complexity index is 2270. The zero-order valence-electron chi connectivity index (χ0n) is 34.5. The van der Waals surface area contributed by atoms with E-state index in [-0.39, 0.29) is 45.5 Å². The van der Waals surface area contributed by atoms with E-state index in [1.165, 1.54) is 11.8 Å². The second-order valence-corrected chi connectivity index (χ2v) is 19.1. The summed E-state index contributed by atoms with van der Waals surface area (Å²) in [6.45, 7) is 16.0. The van der Waals surface area contributed by atoms with Gasteiger partial charge in [0, 0.05) is 70.0 Å². The molecule has 0 aliphatic carbocycles. The van der Waals surface area contributed by atoms with Crippen LogP contribution in [0.2, 0.25) is 5.02 Å². The molecule has 3 aliphatic heterocycles. The van der Waals surface area contributed by atoms with Crippen molar-refractivity contribution in [2.45, 2.75) is 95.1 Å². The Morgan fingerprint density at radius 2 is 1.61 bits per heavy atom. The normalized spacial score (nSPS) is 18.6. The molecular weight excluding hydrogens is 788 g/mol. The van der Waals surface area contributed by atoms with Crippen LogP contribution < -0.4 is 25.6 Å². The molecule has 1 unspecified atom stereocenters. The van der Waals surface area contributed by atoms with E-state index < -0.39 is 15.1 Å². The van der Waals surface area contributed by atoms with Gasteiger partial charge in [-0.25, -0.2) is 13.4 Å². The van der Waals surface area contributed by atoms with Gasteiger partial charge in [-0.1, -0.05) is 48.0 Å². The molecule has 0 bridgehead atoms. The highest BCUT2D eigenvalue weighted by Crippen LogP contribution is 2.38. The number of ether oxygens (including phenoxy) is 1. The first-order valence-corrected chi connectivity index (χ1v) is 22.5. The van der Waals surface area contributed by atoms with Gasteiger partial charge in [0.15, 0.2) is 15.7 Å². The second-order valence-electron chi connectivity index (χ2n) is 16.3. The minimum absolute atomic E-state index is 0.0795. The average Bonchev–Trinajstić information content (AvgIpc) is 3.21. The second kappa shape index (κ2) is 18.2. The maximum absolute atomic E-state index is 13.1. The Hall–Kier alpha value is -4.76. The van der Waals surface area contributed by atoms with Gasteiger partial charge in [0.05, 0.1) is 39.7 Å². The quantitative estimate of drug-likeness (QED) is 0.117. The first kappa shape index (κ1) is 42.4. The molecule has 3 saturated heterocycles. The third kappa shape index (κ3) is 9.83. The molecule has 1 aromatic heterocycles. The Morgan fingerprint density at radius 3 is 2.32 bits per heavy atom. The van der Waals surface area contributed by atoms with Gasteiger partial charge in [-0.2, -0.15) is 4.98 Å². The van der Waals surface area contributed by atoms with E-state index in [1.54, 1.807) is 38.1 Å². The summed E-state index contributed by atoms with van der Waals surface area (Å²) in [6, 6.07) is 19.6. The summed E-state index contributed by atoms with van der Waals surface area (Å²) >= 11 is 6.52. The molecule has 7 rings (SSSR count). The van der Waals surface area contributed by atoms with Crippen molar-refractivity contribution in [1.82, 2.24) is 25.1 Å². The van der Waals surface area contributed by atoms with Crippen LogP contribution in [0.15, 0.2) is 71.8 Å². The molecule has 0 saturated carbocycles. The van der Waals surface area contributed by atoms with Crippen LogP contribution in [-0.2, 0) is 26.0 Å². The molecule has 59 heavy (non-hydrogen) atoms. The van der Waals surface area contributed by atoms with E-state index in [2.05, 4.69) is 65.7 Å². The summed E-state index contributed by atoms with van der Waals surface area (Å²) in [5.41, 5.74) is 5.52. The number of benzene rings is 3. The number of rotatable bonds is 13. The smallest absolute Gasteiger partial charge is 0.234 e. The molecule has 4 heterocycles. The zero-order chi connectivity index (χ0) is 41.8. The number of piperidine rings is 2. The molecule has 3 fully saturated rings. The Balaban J connectivity index is 0.982. The number of aromatic nitrogens is 2.